The van der Waals surface area contributed by atoms with E-state index in [9.17, 15) is 19.2 Å². The summed E-state index contributed by atoms with van der Waals surface area (Å²) in [6.45, 7) is 6.18. The second kappa shape index (κ2) is 48.5. The monoisotopic (exact) mass is 1470 g/mol. The Hall–Kier alpha value is -6.58. The van der Waals surface area contributed by atoms with Crippen LogP contribution in [0.4, 0.5) is 0 Å². The minimum atomic E-state index is -0.495. The Bertz CT molecular complexity index is 3480. The third kappa shape index (κ3) is 33.6. The van der Waals surface area contributed by atoms with Crippen LogP contribution in [0.15, 0.2) is 141 Å². The van der Waals surface area contributed by atoms with Crippen LogP contribution in [0.25, 0.3) is 0 Å². The Balaban J connectivity index is 0.767. The molecule has 540 valence electrons. The van der Waals surface area contributed by atoms with Gasteiger partial charge in [0.15, 0.2) is 20.5 Å². The smallest absolute Gasteiger partial charge is 0.194 e. The molecule has 4 heterocycles. The van der Waals surface area contributed by atoms with Crippen molar-refractivity contribution in [1.29, 1.82) is 0 Å². The van der Waals surface area contributed by atoms with Crippen molar-refractivity contribution in [1.82, 2.24) is 60.0 Å². The fraction of sp³-hybridized carbons (Fsp3) is 0.486. The number of carbonyl (C=O) groups excluding carboxylic acids is 4. The minimum Gasteiger partial charge on any atom is -0.377 e. The maximum Gasteiger partial charge on any atom is 0.194 e. The molecule has 8 aromatic rings. The fourth-order valence-electron chi connectivity index (χ4n) is 9.55. The minimum absolute atomic E-state index is 0.0376. The second-order valence-electron chi connectivity index (χ2n) is 23.3. The fourth-order valence-corrected chi connectivity index (χ4v) is 12.5. The molecule has 2 atom stereocenters. The number of nitrogens with zero attached hydrogens (tertiary/aromatic N) is 12. The Morgan fingerprint density at radius 1 is 0.311 bits per heavy atom. The van der Waals surface area contributed by atoms with E-state index in [4.69, 9.17) is 74.0 Å². The van der Waals surface area contributed by atoms with E-state index in [1.54, 1.807) is 18.7 Å². The van der Waals surface area contributed by atoms with Gasteiger partial charge in [-0.3, -0.25) is 19.2 Å². The maximum absolute atomic E-state index is 12.7. The van der Waals surface area contributed by atoms with Crippen molar-refractivity contribution in [2.75, 3.05) is 106 Å². The quantitative estimate of drug-likeness (QED) is 0.0217. The summed E-state index contributed by atoms with van der Waals surface area (Å²) in [5.41, 5.74) is 6.90. The van der Waals surface area contributed by atoms with Gasteiger partial charge in [-0.1, -0.05) is 164 Å². The molecule has 25 nitrogen and oxygen atoms in total. The molecular weight excluding hydrogens is 1390 g/mol. The van der Waals surface area contributed by atoms with Crippen molar-refractivity contribution < 1.29 is 61.8 Å². The summed E-state index contributed by atoms with van der Waals surface area (Å²) >= 11 is 4.80. The molecule has 103 heavy (non-hydrogen) atoms. The normalized spacial score (nSPS) is 12.1. The van der Waals surface area contributed by atoms with Crippen molar-refractivity contribution in [2.45, 2.75) is 135 Å². The molecule has 8 rings (SSSR count). The number of rotatable bonds is 54. The molecule has 0 fully saturated rings. The molecule has 0 spiro atoms. The van der Waals surface area contributed by atoms with E-state index in [0.29, 0.717) is 154 Å². The van der Waals surface area contributed by atoms with Gasteiger partial charge >= 0.3 is 0 Å². The van der Waals surface area contributed by atoms with Crippen molar-refractivity contribution in [3.8, 4) is 0 Å². The molecule has 33 heteroatoms. The summed E-state index contributed by atoms with van der Waals surface area (Å²) in [6.07, 6.45) is 11.3. The lowest BCUT2D eigenvalue weighted by Gasteiger charge is -2.22. The van der Waals surface area contributed by atoms with Gasteiger partial charge < -0.3 is 42.6 Å². The number of hydrogen-bond donors (Lipinski definition) is 0. The molecule has 0 saturated heterocycles. The van der Waals surface area contributed by atoms with Crippen LogP contribution in [-0.4, -0.2) is 230 Å². The van der Waals surface area contributed by atoms with Crippen LogP contribution in [0.3, 0.4) is 0 Å². The highest BCUT2D eigenvalue weighted by Gasteiger charge is 2.18. The highest BCUT2D eigenvalue weighted by atomic mass is 32.2. The Labute approximate surface area is 624 Å². The van der Waals surface area contributed by atoms with Crippen molar-refractivity contribution in [2.24, 2.45) is 0 Å². The number of aryl methyl sites for hydroxylation is 4. The second-order valence-corrected chi connectivity index (χ2v) is 27.8. The van der Waals surface area contributed by atoms with Gasteiger partial charge in [0.25, 0.3) is 0 Å². The molecule has 0 aliphatic carbocycles. The van der Waals surface area contributed by atoms with Crippen LogP contribution in [0.1, 0.15) is 70.7 Å². The first kappa shape index (κ1) is 82.1. The predicted octanol–water partition coefficient (Wildman–Crippen LogP) is 6.72. The van der Waals surface area contributed by atoms with Crippen LogP contribution >= 0.6 is 47.0 Å². The lowest BCUT2D eigenvalue weighted by Crippen LogP contribution is -2.32. The molecule has 0 amide bonds. The lowest BCUT2D eigenvalue weighted by atomic mass is 9.97. The van der Waals surface area contributed by atoms with Crippen LogP contribution in [-0.2, 0) is 139 Å². The summed E-state index contributed by atoms with van der Waals surface area (Å²) < 4.78 is 61.4. The first-order valence-electron chi connectivity index (χ1n) is 34.3. The standard InChI is InChI=1S/C70H86B4N12O13S4/c71-41-53-1-13-63(14-2-53)100-67(87)21-9-57-45-83(79-75-57)25-29-91-33-35-95-49-61(98-39-37-93-31-27-85-47-59(77-81-85)11-23-69(89)102-65-17-5-55(43-73)6-18-65)51-97-52-62(99-40-38-94-32-28-86-48-60(78-82-86)12-24-70(90)103-66-19-7-56(44-74)8-20-66)50-96-36-34-92-30-26-84-46-58(76-80-84)10-22-68(88)101-64-15-3-54(42-72)4-16-64/h1-8,13-20,45-48,61-62H,9-12,21-44,49-52H2. The van der Waals surface area contributed by atoms with E-state index in [1.165, 1.54) is 47.0 Å². The molecule has 2 unspecified atom stereocenters. The van der Waals surface area contributed by atoms with Gasteiger partial charge in [-0.15, -0.1) is 20.4 Å². The molecule has 0 aliphatic heterocycles. The van der Waals surface area contributed by atoms with E-state index >= 15 is 0 Å². The van der Waals surface area contributed by atoms with Crippen LogP contribution in [0, 0.1) is 0 Å². The Morgan fingerprint density at radius 3 is 0.796 bits per heavy atom. The molecular formula is C70H86B4N12O13S4. The highest BCUT2D eigenvalue weighted by Crippen LogP contribution is 2.25. The summed E-state index contributed by atoms with van der Waals surface area (Å²) in [5, 5.41) is 34.0. The maximum atomic E-state index is 12.7. The van der Waals surface area contributed by atoms with Crippen LogP contribution in [0.2, 0.25) is 0 Å². The number of ether oxygens (including phenoxy) is 9. The van der Waals surface area contributed by atoms with Crippen molar-refractivity contribution >= 4 is 98.9 Å². The lowest BCUT2D eigenvalue weighted by molar-refractivity contribution is -0.111. The number of thioether (sulfide) groups is 4. The van der Waals surface area contributed by atoms with E-state index in [1.807, 2.05) is 122 Å². The Morgan fingerprint density at radius 2 is 0.544 bits per heavy atom. The van der Waals surface area contributed by atoms with E-state index < -0.39 is 12.2 Å². The molecule has 0 bridgehead atoms. The van der Waals surface area contributed by atoms with Gasteiger partial charge in [-0.25, -0.2) is 18.7 Å². The van der Waals surface area contributed by atoms with Crippen molar-refractivity contribution in [3.63, 3.8) is 0 Å². The number of carbonyl (C=O) groups is 4. The molecule has 0 N–H and O–H groups in total. The molecule has 8 radical (unpaired) electrons. The number of hydrogen-bond acceptors (Lipinski definition) is 25. The van der Waals surface area contributed by atoms with Gasteiger partial charge in [0.1, 0.15) is 12.2 Å². The van der Waals surface area contributed by atoms with E-state index in [2.05, 4.69) is 41.2 Å². The first-order chi connectivity index (χ1) is 50.4. The average Bonchev–Trinajstić information content (AvgIpc) is 2.01. The van der Waals surface area contributed by atoms with Gasteiger partial charge in [0.05, 0.1) is 186 Å². The first-order valence-corrected chi connectivity index (χ1v) is 37.5. The van der Waals surface area contributed by atoms with Crippen LogP contribution in [0.5, 0.6) is 0 Å². The highest BCUT2D eigenvalue weighted by molar-refractivity contribution is 8.14. The molecule has 4 aromatic carbocycles. The zero-order valence-corrected chi connectivity index (χ0v) is 61.2. The zero-order chi connectivity index (χ0) is 72.3. The van der Waals surface area contributed by atoms with Gasteiger partial charge in [-0.05, 0) is 48.5 Å². The Kier molecular flexibility index (Phi) is 38.7. The largest absolute Gasteiger partial charge is 0.377 e. The summed E-state index contributed by atoms with van der Waals surface area (Å²) in [4.78, 5) is 54.2. The number of benzene rings is 4. The zero-order valence-electron chi connectivity index (χ0n) is 57.9. The molecule has 4 aromatic heterocycles. The SMILES string of the molecule is [B]Cc1ccc(SC(=O)CCc2cn(CCOCCOCC(COCC(COCCOCCn3cc(CCC(=O)Sc4ccc(C[B])cc4)nn3)OCCOCCn3cc(CCC(=O)Sc4ccc(C[B])cc4)nn3)OCCOCCn3cc(CCC(=O)Sc4ccc(C[B])cc4)nn3)nn2)cc1. The molecule has 0 saturated carbocycles. The average molecular weight is 1480 g/mol. The van der Waals surface area contributed by atoms with Gasteiger partial charge in [0, 0.05) is 95.7 Å². The van der Waals surface area contributed by atoms with Gasteiger partial charge in [0.2, 0.25) is 0 Å². The molecule has 0 aliphatic rings. The van der Waals surface area contributed by atoms with E-state index in [-0.39, 0.29) is 86.5 Å². The summed E-state index contributed by atoms with van der Waals surface area (Å²) in [5.74, 6) is 0. The summed E-state index contributed by atoms with van der Waals surface area (Å²) in [7, 11) is 22.8. The van der Waals surface area contributed by atoms with Crippen molar-refractivity contribution in [3.05, 3.63) is 167 Å². The number of aromatic nitrogens is 12. The third-order valence-corrected chi connectivity index (χ3v) is 19.0. The van der Waals surface area contributed by atoms with E-state index in [0.717, 1.165) is 53.2 Å². The van der Waals surface area contributed by atoms with Gasteiger partial charge in [-0.2, -0.15) is 0 Å². The predicted molar refractivity (Wildman–Crippen MR) is 396 cm³/mol. The topological polar surface area (TPSA) is 274 Å². The third-order valence-electron chi connectivity index (χ3n) is 15.2. The summed E-state index contributed by atoms with van der Waals surface area (Å²) in [6, 6.07) is 30.6. The van der Waals surface area contributed by atoms with Crippen LogP contribution < -0.4 is 0 Å².